The molecule has 0 radical (unpaired) electrons. The molecular weight excluding hydrogens is 222 g/mol. The second kappa shape index (κ2) is 5.54. The zero-order chi connectivity index (χ0) is 13.0. The average molecular weight is 241 g/mol. The number of anilines is 3. The van der Waals surface area contributed by atoms with Crippen LogP contribution in [0, 0.1) is 13.8 Å². The maximum absolute atomic E-state index is 4.49. The van der Waals surface area contributed by atoms with Crippen molar-refractivity contribution in [3.63, 3.8) is 0 Å². The van der Waals surface area contributed by atoms with Crippen molar-refractivity contribution in [2.24, 2.45) is 0 Å². The molecule has 0 saturated carbocycles. The van der Waals surface area contributed by atoms with Gasteiger partial charge in [-0.25, -0.2) is 4.98 Å². The van der Waals surface area contributed by atoms with Crippen LogP contribution in [0.4, 0.5) is 17.3 Å². The van der Waals surface area contributed by atoms with Crippen molar-refractivity contribution in [1.29, 1.82) is 0 Å². The predicted molar refractivity (Wildman–Crippen MR) is 77.6 cm³/mol. The molecule has 0 aliphatic rings. The molecule has 2 rings (SSSR count). The van der Waals surface area contributed by atoms with E-state index in [0.29, 0.717) is 0 Å². The Bertz CT molecular complexity index is 535. The summed E-state index contributed by atoms with van der Waals surface area (Å²) in [4.78, 5) is 4.49. The molecule has 2 aromatic rings. The molecule has 1 aromatic heterocycles. The Kier molecular flexibility index (Phi) is 3.82. The molecule has 0 saturated heterocycles. The molecule has 2 N–H and O–H groups in total. The zero-order valence-electron chi connectivity index (χ0n) is 11.1. The minimum atomic E-state index is 0.858. The summed E-state index contributed by atoms with van der Waals surface area (Å²) in [6.07, 6.45) is 0. The van der Waals surface area contributed by atoms with Gasteiger partial charge in [0.05, 0.1) is 0 Å². The van der Waals surface area contributed by atoms with Crippen molar-refractivity contribution in [2.45, 2.75) is 20.8 Å². The van der Waals surface area contributed by atoms with E-state index in [1.54, 1.807) is 0 Å². The van der Waals surface area contributed by atoms with Gasteiger partial charge in [0.2, 0.25) is 0 Å². The molecule has 0 bridgehead atoms. The van der Waals surface area contributed by atoms with E-state index in [-0.39, 0.29) is 0 Å². The van der Waals surface area contributed by atoms with Crippen LogP contribution < -0.4 is 10.6 Å². The van der Waals surface area contributed by atoms with Crippen LogP contribution in [0.2, 0.25) is 0 Å². The molecular formula is C15H19N3. The molecule has 0 fully saturated rings. The zero-order valence-corrected chi connectivity index (χ0v) is 11.1. The number of aromatic nitrogens is 1. The average Bonchev–Trinajstić information content (AvgIpc) is 2.35. The Labute approximate surface area is 108 Å². The smallest absolute Gasteiger partial charge is 0.132 e. The first-order chi connectivity index (χ1) is 8.69. The Morgan fingerprint density at radius 1 is 1.00 bits per heavy atom. The fraction of sp³-hybridized carbons (Fsp3) is 0.267. The Morgan fingerprint density at radius 2 is 1.78 bits per heavy atom. The topological polar surface area (TPSA) is 37.0 Å². The SMILES string of the molecule is CCNc1cccc(Nc2ccc(C)c(C)c2)n1. The lowest BCUT2D eigenvalue weighted by Crippen LogP contribution is -2.01. The highest BCUT2D eigenvalue weighted by Gasteiger charge is 1.99. The standard InChI is InChI=1S/C15H19N3/c1-4-16-14-6-5-7-15(18-14)17-13-9-8-11(2)12(3)10-13/h5-10H,4H2,1-3H3,(H2,16,17,18). The minimum absolute atomic E-state index is 0.858. The van der Waals surface area contributed by atoms with Gasteiger partial charge in [-0.2, -0.15) is 0 Å². The summed E-state index contributed by atoms with van der Waals surface area (Å²) in [5.74, 6) is 1.75. The van der Waals surface area contributed by atoms with Crippen molar-refractivity contribution in [2.75, 3.05) is 17.2 Å². The lowest BCUT2D eigenvalue weighted by molar-refractivity contribution is 1.16. The van der Waals surface area contributed by atoms with Crippen LogP contribution >= 0.6 is 0 Å². The third-order valence-corrected chi connectivity index (χ3v) is 2.89. The van der Waals surface area contributed by atoms with Gasteiger partial charge in [-0.15, -0.1) is 0 Å². The predicted octanol–water partition coefficient (Wildman–Crippen LogP) is 3.87. The van der Waals surface area contributed by atoms with Crippen molar-refractivity contribution in [1.82, 2.24) is 4.98 Å². The Balaban J connectivity index is 2.17. The summed E-state index contributed by atoms with van der Waals surface area (Å²) in [6, 6.07) is 12.3. The first-order valence-electron chi connectivity index (χ1n) is 6.24. The molecule has 3 nitrogen and oxygen atoms in total. The van der Waals surface area contributed by atoms with Crippen LogP contribution in [0.5, 0.6) is 0 Å². The molecule has 1 aromatic carbocycles. The molecule has 1 heterocycles. The molecule has 0 aliphatic carbocycles. The molecule has 0 spiro atoms. The van der Waals surface area contributed by atoms with Crippen molar-refractivity contribution < 1.29 is 0 Å². The fourth-order valence-corrected chi connectivity index (χ4v) is 1.75. The number of nitrogens with one attached hydrogen (secondary N) is 2. The van der Waals surface area contributed by atoms with Crippen LogP contribution in [0.25, 0.3) is 0 Å². The monoisotopic (exact) mass is 241 g/mol. The lowest BCUT2D eigenvalue weighted by Gasteiger charge is -2.09. The van der Waals surface area contributed by atoms with E-state index < -0.39 is 0 Å². The first kappa shape index (κ1) is 12.4. The first-order valence-corrected chi connectivity index (χ1v) is 6.24. The number of benzene rings is 1. The van der Waals surface area contributed by atoms with Crippen LogP contribution in [0.3, 0.4) is 0 Å². The minimum Gasteiger partial charge on any atom is -0.370 e. The van der Waals surface area contributed by atoms with E-state index >= 15 is 0 Å². The molecule has 18 heavy (non-hydrogen) atoms. The van der Waals surface area contributed by atoms with E-state index in [9.17, 15) is 0 Å². The number of aryl methyl sites for hydroxylation is 2. The highest BCUT2D eigenvalue weighted by molar-refractivity contribution is 5.59. The number of nitrogens with zero attached hydrogens (tertiary/aromatic N) is 1. The highest BCUT2D eigenvalue weighted by Crippen LogP contribution is 2.19. The van der Waals surface area contributed by atoms with Gasteiger partial charge in [-0.3, -0.25) is 0 Å². The summed E-state index contributed by atoms with van der Waals surface area (Å²) in [7, 11) is 0. The molecule has 3 heteroatoms. The summed E-state index contributed by atoms with van der Waals surface area (Å²) < 4.78 is 0. The summed E-state index contributed by atoms with van der Waals surface area (Å²) in [5.41, 5.74) is 3.65. The van der Waals surface area contributed by atoms with Gasteiger partial charge in [0.15, 0.2) is 0 Å². The van der Waals surface area contributed by atoms with Crippen LogP contribution in [0.15, 0.2) is 36.4 Å². The van der Waals surface area contributed by atoms with Gasteiger partial charge in [0.25, 0.3) is 0 Å². The molecule has 94 valence electrons. The van der Waals surface area contributed by atoms with E-state index in [1.165, 1.54) is 11.1 Å². The summed E-state index contributed by atoms with van der Waals surface area (Å²) in [5, 5.41) is 6.52. The number of pyridine rings is 1. The molecule has 0 atom stereocenters. The Hall–Kier alpha value is -2.03. The maximum Gasteiger partial charge on any atom is 0.132 e. The summed E-state index contributed by atoms with van der Waals surface area (Å²) >= 11 is 0. The van der Waals surface area contributed by atoms with Crippen molar-refractivity contribution in [3.05, 3.63) is 47.5 Å². The van der Waals surface area contributed by atoms with Gasteiger partial charge < -0.3 is 10.6 Å². The molecule has 0 amide bonds. The van der Waals surface area contributed by atoms with Crippen LogP contribution in [-0.2, 0) is 0 Å². The molecule has 0 aliphatic heterocycles. The van der Waals surface area contributed by atoms with Gasteiger partial charge in [-0.1, -0.05) is 12.1 Å². The normalized spacial score (nSPS) is 10.2. The van der Waals surface area contributed by atoms with Crippen molar-refractivity contribution in [3.8, 4) is 0 Å². The lowest BCUT2D eigenvalue weighted by atomic mass is 10.1. The number of hydrogen-bond donors (Lipinski definition) is 2. The molecule has 0 unspecified atom stereocenters. The third kappa shape index (κ3) is 3.00. The van der Waals surface area contributed by atoms with Gasteiger partial charge in [-0.05, 0) is 56.2 Å². The van der Waals surface area contributed by atoms with Crippen LogP contribution in [0.1, 0.15) is 18.1 Å². The quantitative estimate of drug-likeness (QED) is 0.853. The van der Waals surface area contributed by atoms with E-state index in [2.05, 4.69) is 54.6 Å². The number of rotatable bonds is 4. The van der Waals surface area contributed by atoms with Gasteiger partial charge in [0, 0.05) is 12.2 Å². The summed E-state index contributed by atoms with van der Waals surface area (Å²) in [6.45, 7) is 7.16. The van der Waals surface area contributed by atoms with Crippen LogP contribution in [-0.4, -0.2) is 11.5 Å². The van der Waals surface area contributed by atoms with Gasteiger partial charge in [0.1, 0.15) is 11.6 Å². The van der Waals surface area contributed by atoms with Gasteiger partial charge >= 0.3 is 0 Å². The fourth-order valence-electron chi connectivity index (χ4n) is 1.75. The largest absolute Gasteiger partial charge is 0.370 e. The van der Waals surface area contributed by atoms with E-state index in [1.807, 2.05) is 18.2 Å². The Morgan fingerprint density at radius 3 is 2.50 bits per heavy atom. The third-order valence-electron chi connectivity index (χ3n) is 2.89. The van der Waals surface area contributed by atoms with E-state index in [4.69, 9.17) is 0 Å². The second-order valence-electron chi connectivity index (χ2n) is 4.36. The maximum atomic E-state index is 4.49. The van der Waals surface area contributed by atoms with E-state index in [0.717, 1.165) is 23.9 Å². The number of hydrogen-bond acceptors (Lipinski definition) is 3. The highest BCUT2D eigenvalue weighted by atomic mass is 15.1. The second-order valence-corrected chi connectivity index (χ2v) is 4.36. The van der Waals surface area contributed by atoms with Crippen molar-refractivity contribution >= 4 is 17.3 Å².